The minimum Gasteiger partial charge on any atom is -0.385 e. The maximum atomic E-state index is 6.11. The summed E-state index contributed by atoms with van der Waals surface area (Å²) in [4.78, 5) is 5.70. The van der Waals surface area contributed by atoms with Crippen molar-refractivity contribution in [3.63, 3.8) is 0 Å². The van der Waals surface area contributed by atoms with Gasteiger partial charge in [0.2, 0.25) is 0 Å². The molecular formula is C17H32N2O. The van der Waals surface area contributed by atoms with E-state index in [1.54, 1.807) is 6.26 Å². The van der Waals surface area contributed by atoms with Gasteiger partial charge < -0.3 is 10.6 Å². The Kier molecular flexibility index (Phi) is 7.56. The zero-order valence-corrected chi connectivity index (χ0v) is 13.5. The molecule has 3 heteroatoms. The Labute approximate surface area is 124 Å². The van der Waals surface area contributed by atoms with Crippen molar-refractivity contribution >= 4 is 0 Å². The molecule has 0 radical (unpaired) electrons. The van der Waals surface area contributed by atoms with Gasteiger partial charge in [0.1, 0.15) is 12.1 Å². The lowest BCUT2D eigenvalue weighted by molar-refractivity contribution is -0.156. The highest BCUT2D eigenvalue weighted by atomic mass is 16.7. The van der Waals surface area contributed by atoms with Crippen molar-refractivity contribution in [1.82, 2.24) is 5.06 Å². The van der Waals surface area contributed by atoms with Crippen LogP contribution in [-0.4, -0.2) is 10.6 Å². The second-order valence-electron chi connectivity index (χ2n) is 6.08. The Morgan fingerprint density at radius 3 is 2.25 bits per heavy atom. The minimum atomic E-state index is 0.00819. The van der Waals surface area contributed by atoms with E-state index >= 15 is 0 Å². The average Bonchev–Trinajstić information content (AvgIpc) is 2.44. The molecule has 116 valence electrons. The van der Waals surface area contributed by atoms with E-state index in [1.807, 2.05) is 17.2 Å². The first-order valence-electron chi connectivity index (χ1n) is 8.23. The first kappa shape index (κ1) is 16.9. The largest absolute Gasteiger partial charge is 0.385 e. The molecule has 0 aromatic heterocycles. The Morgan fingerprint density at radius 1 is 1.05 bits per heavy atom. The second kappa shape index (κ2) is 8.93. The van der Waals surface area contributed by atoms with Crippen molar-refractivity contribution in [2.45, 2.75) is 84.1 Å². The van der Waals surface area contributed by atoms with Crippen LogP contribution in [0.15, 0.2) is 24.2 Å². The molecule has 1 atom stereocenters. The molecule has 2 N–H and O–H groups in total. The van der Waals surface area contributed by atoms with Gasteiger partial charge in [-0.1, -0.05) is 58.8 Å². The molecule has 1 aliphatic heterocycles. The van der Waals surface area contributed by atoms with Gasteiger partial charge >= 0.3 is 0 Å². The third-order valence-corrected chi connectivity index (χ3v) is 4.12. The number of hydroxylamine groups is 2. The zero-order valence-electron chi connectivity index (χ0n) is 13.5. The lowest BCUT2D eigenvalue weighted by Crippen LogP contribution is -2.47. The molecule has 0 aromatic carbocycles. The van der Waals surface area contributed by atoms with Crippen LogP contribution in [0.25, 0.3) is 0 Å². The lowest BCUT2D eigenvalue weighted by atomic mass is 9.87. The van der Waals surface area contributed by atoms with Crippen molar-refractivity contribution in [3.8, 4) is 0 Å². The van der Waals surface area contributed by atoms with Gasteiger partial charge in [-0.15, -0.1) is 0 Å². The van der Waals surface area contributed by atoms with Crippen LogP contribution in [-0.2, 0) is 4.84 Å². The average molecular weight is 280 g/mol. The van der Waals surface area contributed by atoms with Gasteiger partial charge in [0.05, 0.1) is 5.54 Å². The van der Waals surface area contributed by atoms with Crippen LogP contribution < -0.4 is 5.73 Å². The highest BCUT2D eigenvalue weighted by Crippen LogP contribution is 2.32. The van der Waals surface area contributed by atoms with Crippen LogP contribution >= 0.6 is 0 Å². The predicted octanol–water partition coefficient (Wildman–Crippen LogP) is 4.86. The van der Waals surface area contributed by atoms with E-state index in [4.69, 9.17) is 10.6 Å². The molecule has 0 aliphatic carbocycles. The summed E-state index contributed by atoms with van der Waals surface area (Å²) >= 11 is 0. The van der Waals surface area contributed by atoms with Crippen LogP contribution in [0.5, 0.6) is 0 Å². The number of rotatable bonds is 10. The van der Waals surface area contributed by atoms with Gasteiger partial charge in [-0.2, -0.15) is 5.06 Å². The van der Waals surface area contributed by atoms with E-state index in [2.05, 4.69) is 20.8 Å². The van der Waals surface area contributed by atoms with Gasteiger partial charge in [0, 0.05) is 0 Å². The van der Waals surface area contributed by atoms with Gasteiger partial charge in [0.15, 0.2) is 0 Å². The summed E-state index contributed by atoms with van der Waals surface area (Å²) in [6.45, 7) is 6.78. The maximum Gasteiger partial charge on any atom is 0.135 e. The zero-order chi connectivity index (χ0) is 14.8. The molecule has 1 rings (SSSR count). The Bertz CT molecular complexity index is 325. The number of allylic oxidation sites excluding steroid dienone is 2. The number of nitrogens with two attached hydrogens (primary N) is 1. The van der Waals surface area contributed by atoms with Gasteiger partial charge in [0.25, 0.3) is 0 Å². The Hall–Kier alpha value is -1.12. The normalized spacial score (nSPS) is 17.6. The second-order valence-corrected chi connectivity index (χ2v) is 6.08. The van der Waals surface area contributed by atoms with Gasteiger partial charge in [-0.05, 0) is 31.9 Å². The van der Waals surface area contributed by atoms with Crippen molar-refractivity contribution in [2.75, 3.05) is 0 Å². The summed E-state index contributed by atoms with van der Waals surface area (Å²) in [5.74, 6) is 0.724. The fraction of sp³-hybridized carbons (Fsp3) is 0.765. The lowest BCUT2D eigenvalue weighted by Gasteiger charge is -2.42. The quantitative estimate of drug-likeness (QED) is 0.581. The van der Waals surface area contributed by atoms with E-state index in [-0.39, 0.29) is 5.54 Å². The van der Waals surface area contributed by atoms with Crippen LogP contribution in [0.2, 0.25) is 0 Å². The van der Waals surface area contributed by atoms with Crippen LogP contribution in [0.1, 0.15) is 78.6 Å². The SMILES string of the molecule is CCCCCCC(C)(CCCCC)N1OC=CC=C1N. The van der Waals surface area contributed by atoms with E-state index in [0.29, 0.717) is 0 Å². The smallest absolute Gasteiger partial charge is 0.135 e. The molecule has 1 aliphatic rings. The molecule has 0 bridgehead atoms. The Morgan fingerprint density at radius 2 is 1.65 bits per heavy atom. The summed E-state index contributed by atoms with van der Waals surface area (Å²) in [7, 11) is 0. The molecule has 1 unspecified atom stereocenters. The molecule has 0 amide bonds. The number of hydrogen-bond donors (Lipinski definition) is 1. The van der Waals surface area contributed by atoms with Crippen molar-refractivity contribution in [3.05, 3.63) is 24.2 Å². The number of hydrogen-bond acceptors (Lipinski definition) is 3. The van der Waals surface area contributed by atoms with Gasteiger partial charge in [-0.25, -0.2) is 0 Å². The summed E-state index contributed by atoms with van der Waals surface area (Å²) in [5, 5.41) is 1.93. The monoisotopic (exact) mass is 280 g/mol. The fourth-order valence-corrected chi connectivity index (χ4v) is 2.82. The third-order valence-electron chi connectivity index (χ3n) is 4.12. The summed E-state index contributed by atoms with van der Waals surface area (Å²) in [5.41, 5.74) is 6.12. The molecule has 0 spiro atoms. The maximum absolute atomic E-state index is 6.11. The third kappa shape index (κ3) is 5.10. The first-order valence-corrected chi connectivity index (χ1v) is 8.23. The minimum absolute atomic E-state index is 0.00819. The van der Waals surface area contributed by atoms with Gasteiger partial charge in [-0.3, -0.25) is 0 Å². The van der Waals surface area contributed by atoms with Crippen LogP contribution in [0.4, 0.5) is 0 Å². The molecule has 3 nitrogen and oxygen atoms in total. The molecule has 0 aromatic rings. The molecule has 20 heavy (non-hydrogen) atoms. The molecule has 0 fully saturated rings. The number of unbranched alkanes of at least 4 members (excludes halogenated alkanes) is 5. The fourth-order valence-electron chi connectivity index (χ4n) is 2.82. The van der Waals surface area contributed by atoms with Crippen molar-refractivity contribution < 1.29 is 4.84 Å². The number of nitrogens with zero attached hydrogens (tertiary/aromatic N) is 1. The predicted molar refractivity (Wildman–Crippen MR) is 85.6 cm³/mol. The van der Waals surface area contributed by atoms with Crippen LogP contribution in [0.3, 0.4) is 0 Å². The standard InChI is InChI=1S/C17H32N2O/c1-4-6-8-10-14-17(3,13-9-7-5-2)19-16(18)12-11-15-20-19/h11-12,15H,4-10,13-14,18H2,1-3H3. The highest BCUT2D eigenvalue weighted by Gasteiger charge is 2.34. The van der Waals surface area contributed by atoms with Crippen LogP contribution in [0, 0.1) is 0 Å². The van der Waals surface area contributed by atoms with E-state index in [0.717, 1.165) is 18.7 Å². The summed E-state index contributed by atoms with van der Waals surface area (Å²) in [6, 6.07) is 0. The Balaban J connectivity index is 2.62. The topological polar surface area (TPSA) is 38.5 Å². The summed E-state index contributed by atoms with van der Waals surface area (Å²) < 4.78 is 0. The van der Waals surface area contributed by atoms with Crippen molar-refractivity contribution in [2.24, 2.45) is 5.73 Å². The molecular weight excluding hydrogens is 248 g/mol. The van der Waals surface area contributed by atoms with E-state index in [1.165, 1.54) is 44.9 Å². The molecule has 0 saturated carbocycles. The van der Waals surface area contributed by atoms with E-state index < -0.39 is 0 Å². The first-order chi connectivity index (χ1) is 9.64. The highest BCUT2D eigenvalue weighted by molar-refractivity contribution is 5.11. The summed E-state index contributed by atoms with van der Waals surface area (Å²) in [6.07, 6.45) is 16.7. The van der Waals surface area contributed by atoms with E-state index in [9.17, 15) is 0 Å². The molecule has 1 heterocycles. The molecule has 0 saturated heterocycles. The van der Waals surface area contributed by atoms with Crippen molar-refractivity contribution in [1.29, 1.82) is 0 Å².